The Bertz CT molecular complexity index is 1850. The van der Waals surface area contributed by atoms with E-state index >= 15 is 0 Å². The van der Waals surface area contributed by atoms with Gasteiger partial charge in [0, 0.05) is 22.2 Å². The summed E-state index contributed by atoms with van der Waals surface area (Å²) in [7, 11) is 1.60. The van der Waals surface area contributed by atoms with Crippen molar-refractivity contribution in [3.8, 4) is 5.75 Å². The van der Waals surface area contributed by atoms with E-state index in [2.05, 4.69) is 5.32 Å². The number of nitrogens with one attached hydrogen (secondary N) is 1. The van der Waals surface area contributed by atoms with Crippen molar-refractivity contribution in [2.75, 3.05) is 13.7 Å². The van der Waals surface area contributed by atoms with Crippen molar-refractivity contribution in [1.82, 2.24) is 10.2 Å². The van der Waals surface area contributed by atoms with Gasteiger partial charge in [0.05, 0.1) is 37.6 Å². The zero-order chi connectivity index (χ0) is 35.2. The molecule has 2 amide bonds. The van der Waals surface area contributed by atoms with Crippen LogP contribution in [0.3, 0.4) is 0 Å². The number of hydrogen-bond acceptors (Lipinski definition) is 6. The number of carbonyl (C=O) groups is 3. The van der Waals surface area contributed by atoms with Gasteiger partial charge < -0.3 is 24.8 Å². The zero-order valence-corrected chi connectivity index (χ0v) is 29.3. The van der Waals surface area contributed by atoms with Crippen LogP contribution in [0.4, 0.5) is 0 Å². The third kappa shape index (κ3) is 7.99. The van der Waals surface area contributed by atoms with Crippen LogP contribution >= 0.6 is 23.2 Å². The SMILES string of the molecule is COc1ccc(COC(=O)Cc2cccc(CCNC(=O)[C@@H]3c4ccccc4C(=O)N([C@H]4CCCC[C@@H]4O)[C@H]3c3ccc(Cl)cc3Cl)c2)cc1. The molecule has 1 saturated carbocycles. The lowest BCUT2D eigenvalue weighted by atomic mass is 9.76. The van der Waals surface area contributed by atoms with E-state index in [0.29, 0.717) is 52.5 Å². The molecule has 4 aromatic carbocycles. The van der Waals surface area contributed by atoms with Crippen molar-refractivity contribution in [1.29, 1.82) is 0 Å². The zero-order valence-electron chi connectivity index (χ0n) is 27.8. The Hall–Kier alpha value is -4.37. The summed E-state index contributed by atoms with van der Waals surface area (Å²) < 4.78 is 10.7. The number of ether oxygens (including phenoxy) is 2. The molecule has 2 aliphatic rings. The Labute approximate surface area is 302 Å². The third-order valence-corrected chi connectivity index (χ3v) is 10.2. The van der Waals surface area contributed by atoms with Gasteiger partial charge in [-0.3, -0.25) is 14.4 Å². The van der Waals surface area contributed by atoms with E-state index in [4.69, 9.17) is 32.7 Å². The van der Waals surface area contributed by atoms with Crippen LogP contribution in [0.5, 0.6) is 5.75 Å². The highest BCUT2D eigenvalue weighted by Crippen LogP contribution is 2.47. The first-order valence-corrected chi connectivity index (χ1v) is 17.7. The normalized spacial score (nSPS) is 20.2. The van der Waals surface area contributed by atoms with E-state index in [-0.39, 0.29) is 30.8 Å². The molecule has 1 aliphatic heterocycles. The van der Waals surface area contributed by atoms with E-state index in [0.717, 1.165) is 35.3 Å². The van der Waals surface area contributed by atoms with Crippen LogP contribution in [0, 0.1) is 0 Å². The molecule has 0 unspecified atom stereocenters. The van der Waals surface area contributed by atoms with Gasteiger partial charge in [-0.2, -0.15) is 0 Å². The van der Waals surface area contributed by atoms with Gasteiger partial charge in [-0.15, -0.1) is 0 Å². The number of amides is 2. The first-order chi connectivity index (χ1) is 24.2. The maximum atomic E-state index is 14.3. The molecular weight excluding hydrogens is 675 g/mol. The molecule has 0 spiro atoms. The fourth-order valence-corrected chi connectivity index (χ4v) is 7.65. The molecule has 50 heavy (non-hydrogen) atoms. The van der Waals surface area contributed by atoms with Gasteiger partial charge in [-0.05, 0) is 77.4 Å². The maximum absolute atomic E-state index is 14.3. The summed E-state index contributed by atoms with van der Waals surface area (Å²) in [5.74, 6) is -0.876. The molecule has 8 nitrogen and oxygen atoms in total. The third-order valence-electron chi connectivity index (χ3n) is 9.60. The van der Waals surface area contributed by atoms with Crippen molar-refractivity contribution in [3.63, 3.8) is 0 Å². The summed E-state index contributed by atoms with van der Waals surface area (Å²) >= 11 is 13.1. The van der Waals surface area contributed by atoms with Gasteiger partial charge in [0.25, 0.3) is 5.91 Å². The fraction of sp³-hybridized carbons (Fsp3) is 0.325. The molecule has 0 bridgehead atoms. The summed E-state index contributed by atoms with van der Waals surface area (Å²) in [5, 5.41) is 15.1. The van der Waals surface area contributed by atoms with Crippen LogP contribution in [0.15, 0.2) is 91.0 Å². The van der Waals surface area contributed by atoms with Crippen molar-refractivity contribution < 1.29 is 29.0 Å². The first kappa shape index (κ1) is 35.5. The van der Waals surface area contributed by atoms with Crippen molar-refractivity contribution in [3.05, 3.63) is 134 Å². The van der Waals surface area contributed by atoms with Gasteiger partial charge in [-0.1, -0.05) is 96.7 Å². The standard InChI is InChI=1S/C40H40Cl2N2O6/c1-49-29-16-13-26(14-17-29)24-50-36(46)22-27-8-6-7-25(21-27)19-20-43-39(47)37-30-9-2-3-10-31(30)40(48)44(34-11-4-5-12-35(34)45)38(37)32-18-15-28(41)23-33(32)42/h2-3,6-10,13-18,21,23,34-35,37-38,45H,4-5,11-12,19-20,22,24H2,1H3,(H,43,47)/t34-,35-,37+,38-/m0/s1. The molecule has 10 heteroatoms. The highest BCUT2D eigenvalue weighted by Gasteiger charge is 2.48. The second-order valence-electron chi connectivity index (χ2n) is 12.9. The van der Waals surface area contributed by atoms with Crippen LogP contribution < -0.4 is 10.1 Å². The number of nitrogens with zero attached hydrogens (tertiary/aromatic N) is 1. The number of esters is 1. The molecule has 1 heterocycles. The number of fused-ring (bicyclic) bond motifs is 1. The lowest BCUT2D eigenvalue weighted by molar-refractivity contribution is -0.144. The van der Waals surface area contributed by atoms with E-state index in [1.807, 2.05) is 60.7 Å². The quantitative estimate of drug-likeness (QED) is 0.159. The van der Waals surface area contributed by atoms with Crippen molar-refractivity contribution in [2.45, 2.75) is 69.2 Å². The first-order valence-electron chi connectivity index (χ1n) is 16.9. The summed E-state index contributed by atoms with van der Waals surface area (Å²) in [4.78, 5) is 42.8. The lowest BCUT2D eigenvalue weighted by Crippen LogP contribution is -2.55. The van der Waals surface area contributed by atoms with Gasteiger partial charge in [0.2, 0.25) is 5.91 Å². The van der Waals surface area contributed by atoms with Crippen LogP contribution in [-0.2, 0) is 33.8 Å². The number of benzene rings is 4. The molecule has 6 rings (SSSR count). The maximum Gasteiger partial charge on any atom is 0.310 e. The Morgan fingerprint density at radius 2 is 1.64 bits per heavy atom. The summed E-state index contributed by atoms with van der Waals surface area (Å²) in [5.41, 5.74) is 4.29. The number of methoxy groups -OCH3 is 1. The monoisotopic (exact) mass is 714 g/mol. The van der Waals surface area contributed by atoms with Crippen molar-refractivity contribution >= 4 is 41.0 Å². The Balaban J connectivity index is 1.18. The predicted molar refractivity (Wildman–Crippen MR) is 192 cm³/mol. The van der Waals surface area contributed by atoms with Crippen LogP contribution in [0.25, 0.3) is 0 Å². The van der Waals surface area contributed by atoms with Gasteiger partial charge >= 0.3 is 5.97 Å². The number of carbonyl (C=O) groups excluding carboxylic acids is 3. The average Bonchev–Trinajstić information content (AvgIpc) is 3.11. The van der Waals surface area contributed by atoms with E-state index in [1.54, 1.807) is 42.3 Å². The van der Waals surface area contributed by atoms with Gasteiger partial charge in [0.1, 0.15) is 12.4 Å². The molecule has 260 valence electrons. The van der Waals surface area contributed by atoms with E-state index in [9.17, 15) is 19.5 Å². The average molecular weight is 716 g/mol. The van der Waals surface area contributed by atoms with E-state index in [1.165, 1.54) is 0 Å². The molecule has 0 saturated heterocycles. The Morgan fingerprint density at radius 1 is 0.880 bits per heavy atom. The molecule has 0 aromatic heterocycles. The predicted octanol–water partition coefficient (Wildman–Crippen LogP) is 7.23. The second kappa shape index (κ2) is 16.1. The summed E-state index contributed by atoms with van der Waals surface area (Å²) in [6.45, 7) is 0.494. The number of aliphatic hydroxyl groups is 1. The van der Waals surface area contributed by atoms with Crippen LogP contribution in [0.2, 0.25) is 10.0 Å². The van der Waals surface area contributed by atoms with Crippen molar-refractivity contribution in [2.24, 2.45) is 0 Å². The molecular formula is C40H40Cl2N2O6. The molecule has 1 fully saturated rings. The van der Waals surface area contributed by atoms with Gasteiger partial charge in [0.15, 0.2) is 0 Å². The second-order valence-corrected chi connectivity index (χ2v) is 13.7. The molecule has 4 atom stereocenters. The minimum Gasteiger partial charge on any atom is -0.497 e. The molecule has 4 aromatic rings. The Morgan fingerprint density at radius 3 is 2.40 bits per heavy atom. The molecule has 2 N–H and O–H groups in total. The fourth-order valence-electron chi connectivity index (χ4n) is 7.13. The smallest absolute Gasteiger partial charge is 0.310 e. The largest absolute Gasteiger partial charge is 0.497 e. The van der Waals surface area contributed by atoms with Crippen LogP contribution in [-0.4, -0.2) is 53.6 Å². The number of hydrogen-bond donors (Lipinski definition) is 2. The summed E-state index contributed by atoms with van der Waals surface area (Å²) in [6, 6.07) is 26.1. The molecule has 1 aliphatic carbocycles. The van der Waals surface area contributed by atoms with E-state index < -0.39 is 24.1 Å². The highest BCUT2D eigenvalue weighted by atomic mass is 35.5. The topological polar surface area (TPSA) is 105 Å². The van der Waals surface area contributed by atoms with Crippen LogP contribution in [0.1, 0.15) is 75.8 Å². The summed E-state index contributed by atoms with van der Waals surface area (Å²) in [6.07, 6.45) is 2.86. The van der Waals surface area contributed by atoms with Gasteiger partial charge in [-0.25, -0.2) is 0 Å². The molecule has 0 radical (unpaired) electrons. The number of halogens is 2. The number of aliphatic hydroxyl groups excluding tert-OH is 1. The number of rotatable bonds is 11. The lowest BCUT2D eigenvalue weighted by Gasteiger charge is -2.48. The minimum absolute atomic E-state index is 0.121. The highest BCUT2D eigenvalue weighted by molar-refractivity contribution is 6.35. The minimum atomic E-state index is -0.788. The Kier molecular flexibility index (Phi) is 11.4.